The summed E-state index contributed by atoms with van der Waals surface area (Å²) in [5, 5.41) is 7.68. The van der Waals surface area contributed by atoms with Gasteiger partial charge in [0.15, 0.2) is 11.6 Å². The SMILES string of the molecule is Cc1nc2c(n1Cc1ccc(F)cc1F)NC(c1cn(C)c(=O)c3[nH]ccc13)CN2. The summed E-state index contributed by atoms with van der Waals surface area (Å²) >= 11 is 0. The van der Waals surface area contributed by atoms with Gasteiger partial charge in [-0.05, 0) is 19.1 Å². The van der Waals surface area contributed by atoms with Crippen molar-refractivity contribution >= 4 is 22.5 Å². The number of rotatable bonds is 3. The fourth-order valence-corrected chi connectivity index (χ4v) is 4.03. The summed E-state index contributed by atoms with van der Waals surface area (Å²) in [6.45, 7) is 2.63. The molecule has 0 bridgehead atoms. The van der Waals surface area contributed by atoms with Crippen LogP contribution in [0.5, 0.6) is 0 Å². The summed E-state index contributed by atoms with van der Waals surface area (Å²) in [6.07, 6.45) is 3.58. The van der Waals surface area contributed by atoms with Gasteiger partial charge < -0.3 is 24.8 Å². The molecule has 4 aromatic rings. The van der Waals surface area contributed by atoms with Gasteiger partial charge in [-0.25, -0.2) is 13.8 Å². The Morgan fingerprint density at radius 2 is 2.10 bits per heavy atom. The number of aromatic amines is 1. The lowest BCUT2D eigenvalue weighted by atomic mass is 10.0. The van der Waals surface area contributed by atoms with Crippen molar-refractivity contribution in [2.45, 2.75) is 19.5 Å². The number of benzene rings is 1. The molecule has 3 aromatic heterocycles. The normalized spacial score (nSPS) is 15.7. The first-order valence-electron chi connectivity index (χ1n) is 9.60. The first-order chi connectivity index (χ1) is 14.4. The number of fused-ring (bicyclic) bond motifs is 2. The van der Waals surface area contributed by atoms with Crippen LogP contribution in [0.25, 0.3) is 10.9 Å². The smallest absolute Gasteiger partial charge is 0.274 e. The molecule has 154 valence electrons. The van der Waals surface area contributed by atoms with E-state index < -0.39 is 11.6 Å². The largest absolute Gasteiger partial charge is 0.365 e. The molecule has 0 aliphatic carbocycles. The fraction of sp³-hybridized carbons (Fsp3) is 0.238. The van der Waals surface area contributed by atoms with E-state index in [-0.39, 0.29) is 18.1 Å². The average Bonchev–Trinajstić information content (AvgIpc) is 3.32. The third-order valence-electron chi connectivity index (χ3n) is 5.59. The molecule has 1 aromatic carbocycles. The maximum atomic E-state index is 14.2. The monoisotopic (exact) mass is 410 g/mol. The molecular formula is C21H20F2N6O. The Morgan fingerprint density at radius 1 is 1.27 bits per heavy atom. The minimum Gasteiger partial charge on any atom is -0.365 e. The number of halogens is 2. The molecule has 0 saturated carbocycles. The quantitative estimate of drug-likeness (QED) is 0.484. The second-order valence-corrected chi connectivity index (χ2v) is 7.52. The number of aromatic nitrogens is 4. The van der Waals surface area contributed by atoms with Gasteiger partial charge in [-0.15, -0.1) is 0 Å². The van der Waals surface area contributed by atoms with E-state index in [1.165, 1.54) is 12.1 Å². The summed E-state index contributed by atoms with van der Waals surface area (Å²) < 4.78 is 30.9. The van der Waals surface area contributed by atoms with Crippen LogP contribution in [0, 0.1) is 18.6 Å². The van der Waals surface area contributed by atoms with Crippen molar-refractivity contribution in [2.24, 2.45) is 7.05 Å². The number of H-pyrrole nitrogens is 1. The molecule has 7 nitrogen and oxygen atoms in total. The van der Waals surface area contributed by atoms with E-state index in [4.69, 9.17) is 0 Å². The van der Waals surface area contributed by atoms with Gasteiger partial charge in [0.2, 0.25) is 0 Å². The number of anilines is 2. The maximum absolute atomic E-state index is 14.2. The summed E-state index contributed by atoms with van der Waals surface area (Å²) in [5.74, 6) is 0.915. The predicted octanol–water partition coefficient (Wildman–Crippen LogP) is 3.28. The zero-order valence-electron chi connectivity index (χ0n) is 16.5. The zero-order chi connectivity index (χ0) is 21.0. The van der Waals surface area contributed by atoms with Gasteiger partial charge in [-0.1, -0.05) is 6.07 Å². The number of imidazole rings is 1. The van der Waals surface area contributed by atoms with Crippen LogP contribution in [-0.2, 0) is 13.6 Å². The summed E-state index contributed by atoms with van der Waals surface area (Å²) in [6, 6.07) is 5.34. The van der Waals surface area contributed by atoms with Crippen molar-refractivity contribution in [2.75, 3.05) is 17.2 Å². The van der Waals surface area contributed by atoms with Crippen molar-refractivity contribution in [1.82, 2.24) is 19.1 Å². The van der Waals surface area contributed by atoms with Crippen molar-refractivity contribution in [3.63, 3.8) is 0 Å². The highest BCUT2D eigenvalue weighted by molar-refractivity contribution is 5.83. The van der Waals surface area contributed by atoms with Crippen molar-refractivity contribution < 1.29 is 8.78 Å². The topological polar surface area (TPSA) is 79.7 Å². The number of pyridine rings is 1. The van der Waals surface area contributed by atoms with Crippen LogP contribution in [0.1, 0.15) is 23.0 Å². The first kappa shape index (κ1) is 18.4. The van der Waals surface area contributed by atoms with E-state index in [9.17, 15) is 13.6 Å². The second-order valence-electron chi connectivity index (χ2n) is 7.52. The molecule has 1 aliphatic heterocycles. The molecule has 1 atom stereocenters. The molecule has 0 spiro atoms. The Hall–Kier alpha value is -3.62. The maximum Gasteiger partial charge on any atom is 0.274 e. The summed E-state index contributed by atoms with van der Waals surface area (Å²) in [5.41, 5.74) is 1.81. The van der Waals surface area contributed by atoms with Crippen molar-refractivity contribution in [1.29, 1.82) is 0 Å². The molecule has 0 saturated heterocycles. The van der Waals surface area contributed by atoms with Crippen LogP contribution in [0.15, 0.2) is 41.5 Å². The summed E-state index contributed by atoms with van der Waals surface area (Å²) in [4.78, 5) is 19.9. The van der Waals surface area contributed by atoms with Gasteiger partial charge in [0, 0.05) is 48.6 Å². The van der Waals surface area contributed by atoms with E-state index in [1.807, 2.05) is 23.8 Å². The standard InChI is InChI=1S/C21H20F2N6O/c1-11-26-19-20(29(11)9-12-3-4-13(22)7-16(12)23)27-17(8-25-19)15-10-28(2)21(30)18-14(15)5-6-24-18/h3-7,10,17,24-25,27H,8-9H2,1-2H3. The Morgan fingerprint density at radius 3 is 2.90 bits per heavy atom. The number of aryl methyl sites for hydroxylation is 2. The van der Waals surface area contributed by atoms with Crippen LogP contribution < -0.4 is 16.2 Å². The lowest BCUT2D eigenvalue weighted by molar-refractivity contribution is 0.565. The predicted molar refractivity (Wildman–Crippen MR) is 111 cm³/mol. The van der Waals surface area contributed by atoms with Crippen molar-refractivity contribution in [3.8, 4) is 0 Å². The lowest BCUT2D eigenvalue weighted by Gasteiger charge is -2.28. The highest BCUT2D eigenvalue weighted by Crippen LogP contribution is 2.34. The first-order valence-corrected chi connectivity index (χ1v) is 9.60. The molecule has 0 fully saturated rings. The minimum absolute atomic E-state index is 0.0871. The summed E-state index contributed by atoms with van der Waals surface area (Å²) in [7, 11) is 1.72. The van der Waals surface area contributed by atoms with Crippen LogP contribution >= 0.6 is 0 Å². The third kappa shape index (κ3) is 2.85. The Labute approximate surface area is 170 Å². The van der Waals surface area contributed by atoms with Gasteiger partial charge in [0.1, 0.15) is 23.0 Å². The molecule has 3 N–H and O–H groups in total. The van der Waals surface area contributed by atoms with Crippen LogP contribution in [0.4, 0.5) is 20.4 Å². The van der Waals surface area contributed by atoms with E-state index in [2.05, 4.69) is 20.6 Å². The molecular weight excluding hydrogens is 390 g/mol. The Kier molecular flexibility index (Phi) is 4.12. The second kappa shape index (κ2) is 6.72. The third-order valence-corrected chi connectivity index (χ3v) is 5.59. The molecule has 0 amide bonds. The molecule has 9 heteroatoms. The van der Waals surface area contributed by atoms with E-state index >= 15 is 0 Å². The highest BCUT2D eigenvalue weighted by atomic mass is 19.1. The van der Waals surface area contributed by atoms with Crippen LogP contribution in [0.2, 0.25) is 0 Å². The van der Waals surface area contributed by atoms with Crippen LogP contribution in [0.3, 0.4) is 0 Å². The van der Waals surface area contributed by atoms with Gasteiger partial charge in [0.05, 0.1) is 12.6 Å². The number of hydrogen-bond donors (Lipinski definition) is 3. The minimum atomic E-state index is -0.606. The van der Waals surface area contributed by atoms with Gasteiger partial charge in [-0.2, -0.15) is 0 Å². The number of nitrogens with one attached hydrogen (secondary N) is 3. The van der Waals surface area contributed by atoms with Gasteiger partial charge in [-0.3, -0.25) is 4.79 Å². The number of hydrogen-bond acceptors (Lipinski definition) is 4. The lowest BCUT2D eigenvalue weighted by Crippen LogP contribution is -2.29. The molecule has 0 radical (unpaired) electrons. The van der Waals surface area contributed by atoms with Gasteiger partial charge >= 0.3 is 0 Å². The molecule has 1 unspecified atom stereocenters. The molecule has 1 aliphatic rings. The van der Waals surface area contributed by atoms with Gasteiger partial charge in [0.25, 0.3) is 5.56 Å². The van der Waals surface area contributed by atoms with E-state index in [1.54, 1.807) is 17.8 Å². The molecule has 5 rings (SSSR count). The zero-order valence-corrected chi connectivity index (χ0v) is 16.5. The van der Waals surface area contributed by atoms with Crippen LogP contribution in [-0.4, -0.2) is 25.6 Å². The molecule has 30 heavy (non-hydrogen) atoms. The van der Waals surface area contributed by atoms with E-state index in [0.717, 1.165) is 22.8 Å². The molecule has 4 heterocycles. The number of nitrogens with zero attached hydrogens (tertiary/aromatic N) is 3. The Bertz CT molecular complexity index is 1340. The fourth-order valence-electron chi connectivity index (χ4n) is 4.03. The highest BCUT2D eigenvalue weighted by Gasteiger charge is 2.27. The Balaban J connectivity index is 1.54. The van der Waals surface area contributed by atoms with Crippen molar-refractivity contribution in [3.05, 3.63) is 75.6 Å². The van der Waals surface area contributed by atoms with E-state index in [0.29, 0.717) is 29.3 Å². The average molecular weight is 410 g/mol.